The standard InChI is InChI=1S/C24H22N4O6S3/c25-36(31,32)18-9-7-17(8-10-18)28-22(29)14-21(24(28)30)27(37(33,34)23-6-3-13-35-23)12-11-16-15-26-20-5-2-1-4-19(16)20/h1-10,13,15,21,26H,11-12,14H2,(H2,25,31,32). The number of hydrogen-bond acceptors (Lipinski definition) is 7. The van der Waals surface area contributed by atoms with Crippen molar-refractivity contribution < 1.29 is 26.4 Å². The number of thiophene rings is 1. The molecule has 10 nitrogen and oxygen atoms in total. The second kappa shape index (κ2) is 9.50. The van der Waals surface area contributed by atoms with Gasteiger partial charge in [0.2, 0.25) is 15.9 Å². The average molecular weight is 559 g/mol. The molecule has 5 rings (SSSR count). The van der Waals surface area contributed by atoms with E-state index >= 15 is 0 Å². The number of carbonyl (C=O) groups is 2. The molecule has 1 fully saturated rings. The summed E-state index contributed by atoms with van der Waals surface area (Å²) in [5, 5.41) is 7.71. The Kier molecular flexibility index (Phi) is 6.50. The van der Waals surface area contributed by atoms with Crippen LogP contribution in [0.25, 0.3) is 10.9 Å². The first-order valence-electron chi connectivity index (χ1n) is 11.2. The lowest BCUT2D eigenvalue weighted by molar-refractivity contribution is -0.122. The average Bonchev–Trinajstić information content (AvgIpc) is 3.59. The summed E-state index contributed by atoms with van der Waals surface area (Å²) in [6.07, 6.45) is 1.78. The molecule has 2 aromatic carbocycles. The minimum Gasteiger partial charge on any atom is -0.361 e. The summed E-state index contributed by atoms with van der Waals surface area (Å²) in [4.78, 5) is 30.3. The number of benzene rings is 2. The molecule has 1 aliphatic rings. The summed E-state index contributed by atoms with van der Waals surface area (Å²) in [6.45, 7) is -0.0238. The molecular formula is C24H22N4O6S3. The van der Waals surface area contributed by atoms with E-state index in [1.165, 1.54) is 30.3 Å². The van der Waals surface area contributed by atoms with Crippen molar-refractivity contribution in [3.05, 3.63) is 77.8 Å². The van der Waals surface area contributed by atoms with Crippen LogP contribution in [0.15, 0.2) is 81.3 Å². The Morgan fingerprint density at radius 1 is 1.00 bits per heavy atom. The highest BCUT2D eigenvalue weighted by atomic mass is 32.2. The predicted octanol–water partition coefficient (Wildman–Crippen LogP) is 2.44. The number of H-pyrrole nitrogens is 1. The Bertz CT molecular complexity index is 1690. The van der Waals surface area contributed by atoms with Crippen LogP contribution in [0.2, 0.25) is 0 Å². The molecule has 3 N–H and O–H groups in total. The number of imide groups is 1. The van der Waals surface area contributed by atoms with Gasteiger partial charge in [0.1, 0.15) is 10.3 Å². The normalized spacial score (nSPS) is 16.8. The van der Waals surface area contributed by atoms with Gasteiger partial charge in [-0.1, -0.05) is 24.3 Å². The number of nitrogens with zero attached hydrogens (tertiary/aromatic N) is 2. The third-order valence-corrected chi connectivity index (χ3v) is 10.4. The van der Waals surface area contributed by atoms with Gasteiger partial charge in [0.05, 0.1) is 17.0 Å². The van der Waals surface area contributed by atoms with E-state index in [0.29, 0.717) is 6.42 Å². The van der Waals surface area contributed by atoms with Gasteiger partial charge in [-0.2, -0.15) is 4.31 Å². The highest BCUT2D eigenvalue weighted by molar-refractivity contribution is 7.91. The number of nitrogens with one attached hydrogen (secondary N) is 1. The van der Waals surface area contributed by atoms with Crippen LogP contribution in [-0.4, -0.2) is 50.5 Å². The largest absolute Gasteiger partial charge is 0.361 e. The van der Waals surface area contributed by atoms with E-state index in [-0.39, 0.29) is 27.8 Å². The number of fused-ring (bicyclic) bond motifs is 1. The van der Waals surface area contributed by atoms with Crippen LogP contribution in [0.4, 0.5) is 5.69 Å². The number of amides is 2. The zero-order valence-electron chi connectivity index (χ0n) is 19.3. The van der Waals surface area contributed by atoms with Crippen LogP contribution in [-0.2, 0) is 36.1 Å². The number of sulfonamides is 2. The molecule has 0 aliphatic carbocycles. The number of primary sulfonamides is 1. The van der Waals surface area contributed by atoms with E-state index in [1.807, 2.05) is 30.5 Å². The quantitative estimate of drug-likeness (QED) is 0.317. The van der Waals surface area contributed by atoms with Gasteiger partial charge in [-0.05, 0) is 53.8 Å². The monoisotopic (exact) mass is 558 g/mol. The van der Waals surface area contributed by atoms with Crippen molar-refractivity contribution in [2.24, 2.45) is 5.14 Å². The summed E-state index contributed by atoms with van der Waals surface area (Å²) < 4.78 is 51.5. The number of aromatic amines is 1. The first-order valence-corrected chi connectivity index (χ1v) is 15.0. The van der Waals surface area contributed by atoms with Crippen molar-refractivity contribution in [1.82, 2.24) is 9.29 Å². The van der Waals surface area contributed by atoms with Gasteiger partial charge in [0, 0.05) is 23.6 Å². The molecule has 0 spiro atoms. The van der Waals surface area contributed by atoms with Crippen LogP contribution in [0.3, 0.4) is 0 Å². The third kappa shape index (κ3) is 4.71. The number of anilines is 1. The predicted molar refractivity (Wildman–Crippen MR) is 139 cm³/mol. The lowest BCUT2D eigenvalue weighted by Gasteiger charge is -2.26. The Balaban J connectivity index is 1.47. The van der Waals surface area contributed by atoms with Crippen LogP contribution < -0.4 is 10.0 Å². The highest BCUT2D eigenvalue weighted by Crippen LogP contribution is 2.31. The zero-order chi connectivity index (χ0) is 26.4. The molecule has 1 unspecified atom stereocenters. The van der Waals surface area contributed by atoms with Gasteiger partial charge in [-0.15, -0.1) is 11.3 Å². The van der Waals surface area contributed by atoms with Crippen molar-refractivity contribution in [2.75, 3.05) is 11.4 Å². The van der Waals surface area contributed by atoms with Gasteiger partial charge in [0.15, 0.2) is 0 Å². The van der Waals surface area contributed by atoms with E-state index < -0.39 is 37.9 Å². The van der Waals surface area contributed by atoms with Gasteiger partial charge in [0.25, 0.3) is 15.9 Å². The van der Waals surface area contributed by atoms with Crippen LogP contribution in [0, 0.1) is 0 Å². The van der Waals surface area contributed by atoms with Crippen molar-refractivity contribution in [1.29, 1.82) is 0 Å². The first kappa shape index (κ1) is 25.3. The smallest absolute Gasteiger partial charge is 0.253 e. The lowest BCUT2D eigenvalue weighted by atomic mass is 10.1. The molecular weight excluding hydrogens is 536 g/mol. The van der Waals surface area contributed by atoms with Crippen LogP contribution in [0.1, 0.15) is 12.0 Å². The number of para-hydroxylation sites is 1. The van der Waals surface area contributed by atoms with E-state index in [1.54, 1.807) is 11.4 Å². The van der Waals surface area contributed by atoms with Crippen molar-refractivity contribution in [3.8, 4) is 0 Å². The van der Waals surface area contributed by atoms with Crippen molar-refractivity contribution >= 4 is 59.8 Å². The second-order valence-corrected chi connectivity index (χ2v) is 13.1. The second-order valence-electron chi connectivity index (χ2n) is 8.48. The van der Waals surface area contributed by atoms with Gasteiger partial charge in [-0.3, -0.25) is 9.59 Å². The SMILES string of the molecule is NS(=O)(=O)c1ccc(N2C(=O)CC(N(CCc3c[nH]c4ccccc34)S(=O)(=O)c3cccs3)C2=O)cc1. The summed E-state index contributed by atoms with van der Waals surface area (Å²) >= 11 is 1.03. The summed E-state index contributed by atoms with van der Waals surface area (Å²) in [5.74, 6) is -1.29. The molecule has 37 heavy (non-hydrogen) atoms. The fraction of sp³-hybridized carbons (Fsp3) is 0.167. The third-order valence-electron chi connectivity index (χ3n) is 6.23. The van der Waals surface area contributed by atoms with Gasteiger partial charge in [-0.25, -0.2) is 26.9 Å². The van der Waals surface area contributed by atoms with Gasteiger partial charge < -0.3 is 4.98 Å². The molecule has 2 aromatic heterocycles. The minimum absolute atomic E-state index is 0.0238. The highest BCUT2D eigenvalue weighted by Gasteiger charge is 2.47. The maximum Gasteiger partial charge on any atom is 0.253 e. The number of nitrogens with two attached hydrogens (primary N) is 1. The fourth-order valence-electron chi connectivity index (χ4n) is 4.44. The maximum atomic E-state index is 13.6. The van der Waals surface area contributed by atoms with Crippen LogP contribution >= 0.6 is 11.3 Å². The minimum atomic E-state index is -4.09. The maximum absolute atomic E-state index is 13.6. The zero-order valence-corrected chi connectivity index (χ0v) is 21.7. The Labute approximate surface area is 217 Å². The molecule has 2 amide bonds. The Morgan fingerprint density at radius 2 is 1.73 bits per heavy atom. The molecule has 4 aromatic rings. The molecule has 1 aliphatic heterocycles. The molecule has 13 heteroatoms. The van der Waals surface area contributed by atoms with E-state index in [4.69, 9.17) is 5.14 Å². The molecule has 1 atom stereocenters. The topological polar surface area (TPSA) is 151 Å². The number of hydrogen-bond donors (Lipinski definition) is 2. The number of carbonyl (C=O) groups excluding carboxylic acids is 2. The molecule has 0 bridgehead atoms. The van der Waals surface area contributed by atoms with E-state index in [2.05, 4.69) is 4.98 Å². The summed E-state index contributed by atoms with van der Waals surface area (Å²) in [6, 6.07) is 14.4. The molecule has 3 heterocycles. The summed E-state index contributed by atoms with van der Waals surface area (Å²) in [7, 11) is -8.05. The molecule has 0 saturated carbocycles. The van der Waals surface area contributed by atoms with E-state index in [0.717, 1.165) is 37.0 Å². The molecule has 0 radical (unpaired) electrons. The Morgan fingerprint density at radius 3 is 2.41 bits per heavy atom. The summed E-state index contributed by atoms with van der Waals surface area (Å²) in [5.41, 5.74) is 1.93. The first-order chi connectivity index (χ1) is 17.6. The number of rotatable bonds is 8. The fourth-order valence-corrected chi connectivity index (χ4v) is 7.65. The Hall–Kier alpha value is -3.36. The number of aromatic nitrogens is 1. The van der Waals surface area contributed by atoms with Crippen molar-refractivity contribution in [2.45, 2.75) is 28.0 Å². The van der Waals surface area contributed by atoms with Crippen LogP contribution in [0.5, 0.6) is 0 Å². The molecule has 192 valence electrons. The van der Waals surface area contributed by atoms with Crippen molar-refractivity contribution in [3.63, 3.8) is 0 Å². The lowest BCUT2D eigenvalue weighted by Crippen LogP contribution is -2.46. The van der Waals surface area contributed by atoms with E-state index in [9.17, 15) is 26.4 Å². The van der Waals surface area contributed by atoms with Gasteiger partial charge >= 0.3 is 0 Å². The molecule has 1 saturated heterocycles.